The quantitative estimate of drug-likeness (QED) is 0.133. The Morgan fingerprint density at radius 2 is 0.653 bits per heavy atom. The van der Waals surface area contributed by atoms with Crippen molar-refractivity contribution in [2.75, 3.05) is 0 Å². The third-order valence-corrected chi connectivity index (χ3v) is 10.1. The number of aromatic nitrogens is 8. The van der Waals surface area contributed by atoms with E-state index >= 15 is 0 Å². The fraction of sp³-hybridized carbons (Fsp3) is 0. The molecule has 0 aliphatic carbocycles. The van der Waals surface area contributed by atoms with E-state index in [4.69, 9.17) is 0 Å². The van der Waals surface area contributed by atoms with Crippen LogP contribution in [0.15, 0.2) is 48.5 Å². The summed E-state index contributed by atoms with van der Waals surface area (Å²) < 4.78 is 0. The van der Waals surface area contributed by atoms with Crippen molar-refractivity contribution < 1.29 is 316 Å². The molecule has 5 heterocycles. The second kappa shape index (κ2) is 26.4. The van der Waals surface area contributed by atoms with Crippen LogP contribution in [0.1, 0.15) is 82.9 Å². The average Bonchev–Trinajstić information content (AvgIpc) is 3.97. The SMILES string of the molecule is O=C([O-])c1cc(C(=O)[O-])c2c(c1)-c1nc-2nc2nc(nc3[nH]c([nH]c4nc(n1)-c1c(C(=O)[O-])cc(C(=O)[O-])cc1-4)c1c(C(=O)[O-])cc(C(=O)[O-])cc31)-c1c(C(=O)[O-])cc(C(=O)[O-])cc1-2.[Na+].[Na+].[Na+].[Na+].[Na+].[Na+].[Na+].[Na+]. The van der Waals surface area contributed by atoms with Crippen molar-refractivity contribution in [1.29, 1.82) is 0 Å². The van der Waals surface area contributed by atoms with Crippen LogP contribution in [0.4, 0.5) is 0 Å². The molecular weight excluding hydrogens is 1030 g/mol. The normalized spacial score (nSPS) is 10.2. The molecule has 0 radical (unpaired) electrons. The van der Waals surface area contributed by atoms with E-state index in [9.17, 15) is 79.2 Å². The Morgan fingerprint density at radius 1 is 0.333 bits per heavy atom. The number of aromatic amines is 2. The van der Waals surface area contributed by atoms with Crippen LogP contribution in [0, 0.1) is 0 Å². The van der Waals surface area contributed by atoms with Gasteiger partial charge in [-0.25, -0.2) is 29.9 Å². The molecule has 314 valence electrons. The van der Waals surface area contributed by atoms with E-state index in [1.54, 1.807) is 0 Å². The number of fused-ring (bicyclic) bond motifs is 20. The molecule has 72 heavy (non-hydrogen) atoms. The van der Waals surface area contributed by atoms with Gasteiger partial charge >= 0.3 is 236 Å². The minimum atomic E-state index is -2.01. The van der Waals surface area contributed by atoms with Crippen molar-refractivity contribution in [3.63, 3.8) is 0 Å². The molecule has 0 saturated heterocycles. The number of nitrogens with one attached hydrogen (secondary N) is 2. The first-order valence-electron chi connectivity index (χ1n) is 17.6. The number of H-pyrrole nitrogens is 2. The molecule has 2 aromatic heterocycles. The molecule has 24 nitrogen and oxygen atoms in total. The van der Waals surface area contributed by atoms with Gasteiger partial charge in [0.1, 0.15) is 17.1 Å². The van der Waals surface area contributed by atoms with Gasteiger partial charge in [0.05, 0.1) is 47.8 Å². The van der Waals surface area contributed by atoms with Gasteiger partial charge in [-0.05, 0) is 70.8 Å². The molecule has 0 unspecified atom stereocenters. The number of hydrogen-bond donors (Lipinski definition) is 2. The first-order valence-corrected chi connectivity index (χ1v) is 17.6. The van der Waals surface area contributed by atoms with E-state index in [1.807, 2.05) is 0 Å². The van der Waals surface area contributed by atoms with Crippen molar-refractivity contribution in [1.82, 2.24) is 39.9 Å². The summed E-state index contributed by atoms with van der Waals surface area (Å²) in [5, 5.41) is 98.1. The van der Waals surface area contributed by atoms with Crippen LogP contribution in [0.2, 0.25) is 0 Å². The van der Waals surface area contributed by atoms with Gasteiger partial charge in [0, 0.05) is 66.4 Å². The second-order valence-electron chi connectivity index (χ2n) is 13.7. The predicted molar refractivity (Wildman–Crippen MR) is 189 cm³/mol. The number of aromatic carboxylic acids is 8. The Balaban J connectivity index is 0.00000324. The Bertz CT molecular complexity index is 3590. The van der Waals surface area contributed by atoms with Crippen LogP contribution in [0.25, 0.3) is 90.4 Å². The predicted octanol–water partition coefficient (Wildman–Crippen LogP) is -30.3. The average molecular weight is 1040 g/mol. The monoisotopic (exact) mass is 1040 g/mol. The Hall–Kier alpha value is -2.00. The van der Waals surface area contributed by atoms with Crippen LogP contribution in [-0.2, 0) is 0 Å². The fourth-order valence-electron chi connectivity index (χ4n) is 7.42. The van der Waals surface area contributed by atoms with Gasteiger partial charge in [0.15, 0.2) is 29.1 Å². The summed E-state index contributed by atoms with van der Waals surface area (Å²) in [6.45, 7) is 0. The van der Waals surface area contributed by atoms with E-state index < -0.39 is 177 Å². The summed E-state index contributed by atoms with van der Waals surface area (Å²) in [4.78, 5) is 130. The van der Waals surface area contributed by atoms with E-state index in [1.165, 1.54) is 0 Å². The van der Waals surface area contributed by atoms with Gasteiger partial charge in [0.25, 0.3) is 0 Å². The van der Waals surface area contributed by atoms with Crippen LogP contribution in [-0.4, -0.2) is 87.6 Å². The molecule has 2 N–H and O–H groups in total. The van der Waals surface area contributed by atoms with Gasteiger partial charge in [-0.1, -0.05) is 0 Å². The summed E-state index contributed by atoms with van der Waals surface area (Å²) in [6, 6.07) is 5.93. The number of hydrogen-bond acceptors (Lipinski definition) is 22. The van der Waals surface area contributed by atoms with E-state index in [-0.39, 0.29) is 242 Å². The molecule has 6 aromatic rings. The molecular formula is C40H10N8Na8O16. The molecule has 32 heteroatoms. The Labute approximate surface area is 577 Å². The molecule has 0 spiro atoms. The van der Waals surface area contributed by atoms with Gasteiger partial charge in [-0.15, -0.1) is 0 Å². The third-order valence-electron chi connectivity index (χ3n) is 10.1. The standard InChI is InChI=1S/C40H18N8O16.8Na/c49-33(50)9-1-13-21(17(5-9)37(57)58)29-41-25(13)45-30-22-14(2-10(34(51)52)6-18(22)38(59)60)27(42-30)47-32-24-16(4-12(36(55)56)8-20(24)40(63)64)28(44-32)48-31-23-15(26(43-31)46-29)3-11(35(53)54)7-19(23)39(61)62;;;;;;;;/h1-8H,(H,49,50)(H,51,52)(H,53,54)(H,55,56)(H,57,58)(H,59,60)(H,61,62)(H,63,64)(H2,41,42,43,44,45,46,47,48);;;;;;;;/q;8*+1/p-8. The number of carboxylic acids is 8. The van der Waals surface area contributed by atoms with Gasteiger partial charge < -0.3 is 89.2 Å². The molecule has 8 bridgehead atoms. The first-order chi connectivity index (χ1) is 30.3. The van der Waals surface area contributed by atoms with E-state index in [0.717, 1.165) is 24.3 Å². The maximum atomic E-state index is 12.6. The molecule has 9 rings (SSSR count). The number of nitrogens with zero attached hydrogens (tertiary/aromatic N) is 6. The second-order valence-corrected chi connectivity index (χ2v) is 13.7. The molecule has 4 aromatic carbocycles. The number of carbonyl (C=O) groups excluding carboxylic acids is 8. The van der Waals surface area contributed by atoms with Crippen LogP contribution in [0.5, 0.6) is 0 Å². The van der Waals surface area contributed by atoms with Crippen LogP contribution < -0.4 is 277 Å². The van der Waals surface area contributed by atoms with Gasteiger partial charge in [-0.3, -0.25) is 0 Å². The van der Waals surface area contributed by atoms with Gasteiger partial charge in [0.2, 0.25) is 0 Å². The zero-order valence-corrected chi connectivity index (χ0v) is 54.8. The maximum absolute atomic E-state index is 12.6. The zero-order valence-electron chi connectivity index (χ0n) is 38.8. The van der Waals surface area contributed by atoms with Crippen molar-refractivity contribution >= 4 is 69.8 Å². The minimum absolute atomic E-state index is 0. The van der Waals surface area contributed by atoms with Gasteiger partial charge in [-0.2, -0.15) is 0 Å². The summed E-state index contributed by atoms with van der Waals surface area (Å²) in [7, 11) is 0. The summed E-state index contributed by atoms with van der Waals surface area (Å²) in [6.07, 6.45) is 0. The maximum Gasteiger partial charge on any atom is 1.00 e. The number of carboxylic acid groups (broad SMARTS) is 8. The molecule has 0 saturated carbocycles. The number of rotatable bonds is 8. The largest absolute Gasteiger partial charge is 1.00 e. The van der Waals surface area contributed by atoms with Crippen molar-refractivity contribution in [3.05, 3.63) is 93.0 Å². The van der Waals surface area contributed by atoms with Crippen LogP contribution >= 0.6 is 0 Å². The summed E-state index contributed by atoms with van der Waals surface area (Å²) in [5.74, 6) is -19.5. The molecule has 3 aliphatic heterocycles. The molecule has 3 aliphatic rings. The Morgan fingerprint density at radius 3 is 1.03 bits per heavy atom. The number of carbonyl (C=O) groups is 8. The van der Waals surface area contributed by atoms with E-state index in [0.29, 0.717) is 24.3 Å². The van der Waals surface area contributed by atoms with Crippen molar-refractivity contribution in [3.8, 4) is 68.3 Å². The Kier molecular flexibility index (Phi) is 24.9. The fourth-order valence-corrected chi connectivity index (χ4v) is 7.42. The third kappa shape index (κ3) is 12.2. The summed E-state index contributed by atoms with van der Waals surface area (Å²) >= 11 is 0. The zero-order chi connectivity index (χ0) is 45.8. The minimum Gasteiger partial charge on any atom is -0.545 e. The summed E-state index contributed by atoms with van der Waals surface area (Å²) in [5.41, 5.74) is -10.4. The smallest absolute Gasteiger partial charge is 0.545 e. The van der Waals surface area contributed by atoms with Crippen molar-refractivity contribution in [2.24, 2.45) is 0 Å². The molecule has 0 amide bonds. The molecule has 0 fully saturated rings. The number of benzene rings is 4. The van der Waals surface area contributed by atoms with Crippen molar-refractivity contribution in [2.45, 2.75) is 0 Å². The van der Waals surface area contributed by atoms with E-state index in [2.05, 4.69) is 39.9 Å². The topological polar surface area (TPSA) is 430 Å². The first kappa shape index (κ1) is 68.0. The van der Waals surface area contributed by atoms with Crippen LogP contribution in [0.3, 0.4) is 0 Å². The molecule has 0 atom stereocenters.